The van der Waals surface area contributed by atoms with Gasteiger partial charge in [0, 0.05) is 18.5 Å². The van der Waals surface area contributed by atoms with Crippen LogP contribution in [0.3, 0.4) is 0 Å². The van der Waals surface area contributed by atoms with Gasteiger partial charge in [0.05, 0.1) is 17.5 Å². The summed E-state index contributed by atoms with van der Waals surface area (Å²) in [5.41, 5.74) is 6.04. The van der Waals surface area contributed by atoms with E-state index >= 15 is 0 Å². The van der Waals surface area contributed by atoms with Gasteiger partial charge in [0.2, 0.25) is 0 Å². The molecule has 19 heavy (non-hydrogen) atoms. The van der Waals surface area contributed by atoms with Gasteiger partial charge in [0.25, 0.3) is 5.69 Å². The minimum absolute atomic E-state index is 0.211. The first-order valence-corrected chi connectivity index (χ1v) is 5.67. The molecule has 0 aromatic heterocycles. The maximum Gasteiger partial charge on any atom is 0.295 e. The number of allylic oxidation sites excluding steroid dienone is 1. The highest BCUT2D eigenvalue weighted by Gasteiger charge is 2.14. The smallest absolute Gasteiger partial charge is 0.295 e. The number of hydrogen-bond donors (Lipinski definition) is 2. The number of benzene rings is 1. The molecule has 0 saturated heterocycles. The molecule has 0 fully saturated rings. The minimum atomic E-state index is -0.657. The van der Waals surface area contributed by atoms with Crippen LogP contribution in [0.1, 0.15) is 6.92 Å². The largest absolute Gasteiger partial charge is 0.401 e. The molecule has 102 valence electrons. The summed E-state index contributed by atoms with van der Waals surface area (Å²) in [6.45, 7) is 2.75. The van der Waals surface area contributed by atoms with Crippen LogP contribution in [0.4, 0.5) is 15.8 Å². The SMILES string of the molecule is CCN=CC=C(N)CNc1ccc(F)cc1[N+](=O)[O-]. The van der Waals surface area contributed by atoms with Gasteiger partial charge in [-0.25, -0.2) is 4.39 Å². The summed E-state index contributed by atoms with van der Waals surface area (Å²) in [4.78, 5) is 14.1. The van der Waals surface area contributed by atoms with Crippen molar-refractivity contribution in [2.24, 2.45) is 10.7 Å². The van der Waals surface area contributed by atoms with Crippen molar-refractivity contribution in [1.82, 2.24) is 0 Å². The molecule has 0 aliphatic carbocycles. The van der Waals surface area contributed by atoms with Crippen molar-refractivity contribution in [3.63, 3.8) is 0 Å². The van der Waals surface area contributed by atoms with Crippen molar-refractivity contribution in [3.05, 3.63) is 45.9 Å². The summed E-state index contributed by atoms with van der Waals surface area (Å²) in [6.07, 6.45) is 3.17. The van der Waals surface area contributed by atoms with Crippen molar-refractivity contribution in [2.75, 3.05) is 18.4 Å². The van der Waals surface area contributed by atoms with Crippen LogP contribution in [0.5, 0.6) is 0 Å². The predicted octanol–water partition coefficient (Wildman–Crippen LogP) is 2.08. The molecule has 0 aliphatic heterocycles. The van der Waals surface area contributed by atoms with Gasteiger partial charge in [-0.05, 0) is 25.1 Å². The van der Waals surface area contributed by atoms with E-state index in [-0.39, 0.29) is 17.9 Å². The van der Waals surface area contributed by atoms with Gasteiger partial charge in [0.1, 0.15) is 11.5 Å². The van der Waals surface area contributed by atoms with Crippen LogP contribution in [-0.4, -0.2) is 24.2 Å². The average Bonchev–Trinajstić information content (AvgIpc) is 2.37. The lowest BCUT2D eigenvalue weighted by molar-refractivity contribution is -0.384. The van der Waals surface area contributed by atoms with Gasteiger partial charge < -0.3 is 11.1 Å². The van der Waals surface area contributed by atoms with E-state index in [2.05, 4.69) is 10.3 Å². The Bertz CT molecular complexity index is 514. The fourth-order valence-electron chi connectivity index (χ4n) is 1.32. The van der Waals surface area contributed by atoms with E-state index in [4.69, 9.17) is 5.73 Å². The van der Waals surface area contributed by atoms with Crippen LogP contribution in [0, 0.1) is 15.9 Å². The van der Waals surface area contributed by atoms with E-state index in [1.807, 2.05) is 6.92 Å². The topological polar surface area (TPSA) is 93.5 Å². The Labute approximate surface area is 110 Å². The zero-order chi connectivity index (χ0) is 14.3. The second kappa shape index (κ2) is 7.10. The number of halogens is 1. The molecule has 7 heteroatoms. The molecule has 0 atom stereocenters. The number of nitrogens with zero attached hydrogens (tertiary/aromatic N) is 2. The molecule has 0 unspecified atom stereocenters. The first kappa shape index (κ1) is 14.6. The average molecular weight is 266 g/mol. The Balaban J connectivity index is 2.75. The van der Waals surface area contributed by atoms with E-state index in [1.54, 1.807) is 12.3 Å². The summed E-state index contributed by atoms with van der Waals surface area (Å²) in [7, 11) is 0. The molecule has 0 spiro atoms. The van der Waals surface area contributed by atoms with Gasteiger partial charge in [0.15, 0.2) is 0 Å². The third-order valence-electron chi connectivity index (χ3n) is 2.22. The molecule has 0 saturated carbocycles. The standard InChI is InChI=1S/C12H15FN4O2/c1-2-15-6-5-10(14)8-16-11-4-3-9(13)7-12(11)17(18)19/h3-7,16H,2,8,14H2,1H3. The van der Waals surface area contributed by atoms with Crippen LogP contribution in [0.25, 0.3) is 0 Å². The molecular formula is C12H15FN4O2. The lowest BCUT2D eigenvalue weighted by Gasteiger charge is -2.06. The second-order valence-corrected chi connectivity index (χ2v) is 3.66. The number of aliphatic imine (C=N–C) groups is 1. The molecule has 0 radical (unpaired) electrons. The van der Waals surface area contributed by atoms with Crippen LogP contribution in [0.15, 0.2) is 35.0 Å². The fraction of sp³-hybridized carbons (Fsp3) is 0.250. The summed E-state index contributed by atoms with van der Waals surface area (Å²) >= 11 is 0. The minimum Gasteiger partial charge on any atom is -0.401 e. The summed E-state index contributed by atoms with van der Waals surface area (Å²) in [6, 6.07) is 3.31. The van der Waals surface area contributed by atoms with E-state index < -0.39 is 10.7 Å². The van der Waals surface area contributed by atoms with Crippen LogP contribution in [-0.2, 0) is 0 Å². The molecule has 1 aromatic carbocycles. The predicted molar refractivity (Wildman–Crippen MR) is 72.8 cm³/mol. The number of nitro groups is 1. The van der Waals surface area contributed by atoms with Crippen molar-refractivity contribution < 1.29 is 9.31 Å². The highest BCUT2D eigenvalue weighted by atomic mass is 19.1. The maximum atomic E-state index is 12.9. The molecule has 6 nitrogen and oxygen atoms in total. The van der Waals surface area contributed by atoms with Crippen LogP contribution < -0.4 is 11.1 Å². The zero-order valence-electron chi connectivity index (χ0n) is 10.5. The Hall–Kier alpha value is -2.44. The third-order valence-corrected chi connectivity index (χ3v) is 2.22. The van der Waals surface area contributed by atoms with Crippen LogP contribution in [0.2, 0.25) is 0 Å². The normalized spacial score (nSPS) is 11.8. The second-order valence-electron chi connectivity index (χ2n) is 3.66. The quantitative estimate of drug-likeness (QED) is 0.468. The molecule has 0 bridgehead atoms. The van der Waals surface area contributed by atoms with Crippen molar-refractivity contribution in [3.8, 4) is 0 Å². The summed E-state index contributed by atoms with van der Waals surface area (Å²) in [5.74, 6) is -0.657. The van der Waals surface area contributed by atoms with Gasteiger partial charge in [-0.1, -0.05) is 0 Å². The van der Waals surface area contributed by atoms with Crippen LogP contribution >= 0.6 is 0 Å². The summed E-state index contributed by atoms with van der Waals surface area (Å²) in [5, 5.41) is 13.5. The third kappa shape index (κ3) is 4.74. The monoisotopic (exact) mass is 266 g/mol. The fourth-order valence-corrected chi connectivity index (χ4v) is 1.32. The van der Waals surface area contributed by atoms with Crippen molar-refractivity contribution in [1.29, 1.82) is 0 Å². The maximum absolute atomic E-state index is 12.9. The molecule has 0 amide bonds. The summed E-state index contributed by atoms with van der Waals surface area (Å²) < 4.78 is 12.9. The Kier molecular flexibility index (Phi) is 5.46. The van der Waals surface area contributed by atoms with E-state index in [0.717, 1.165) is 12.1 Å². The van der Waals surface area contributed by atoms with E-state index in [0.29, 0.717) is 12.2 Å². The first-order valence-electron chi connectivity index (χ1n) is 5.67. The lowest BCUT2D eigenvalue weighted by Crippen LogP contribution is -2.12. The number of rotatable bonds is 6. The van der Waals surface area contributed by atoms with Crippen molar-refractivity contribution >= 4 is 17.6 Å². The van der Waals surface area contributed by atoms with Gasteiger partial charge in [-0.3, -0.25) is 15.1 Å². The number of nitrogens with one attached hydrogen (secondary N) is 1. The van der Waals surface area contributed by atoms with Gasteiger partial charge in [-0.2, -0.15) is 0 Å². The first-order chi connectivity index (χ1) is 9.04. The van der Waals surface area contributed by atoms with E-state index in [1.165, 1.54) is 6.07 Å². The van der Waals surface area contributed by atoms with Gasteiger partial charge >= 0.3 is 0 Å². The number of nitro benzene ring substituents is 1. The van der Waals surface area contributed by atoms with Crippen molar-refractivity contribution in [2.45, 2.75) is 6.92 Å². The Morgan fingerprint density at radius 3 is 3.00 bits per heavy atom. The molecule has 1 aromatic rings. The lowest BCUT2D eigenvalue weighted by atomic mass is 10.2. The number of anilines is 1. The Morgan fingerprint density at radius 2 is 2.37 bits per heavy atom. The molecule has 1 rings (SSSR count). The Morgan fingerprint density at radius 1 is 1.63 bits per heavy atom. The molecular weight excluding hydrogens is 251 g/mol. The highest BCUT2D eigenvalue weighted by Crippen LogP contribution is 2.24. The van der Waals surface area contributed by atoms with E-state index in [9.17, 15) is 14.5 Å². The molecule has 0 heterocycles. The molecule has 0 aliphatic rings. The molecule has 3 N–H and O–H groups in total. The highest BCUT2D eigenvalue weighted by molar-refractivity contribution is 5.72. The number of hydrogen-bond acceptors (Lipinski definition) is 5. The van der Waals surface area contributed by atoms with Gasteiger partial charge in [-0.15, -0.1) is 0 Å². The number of nitrogens with two attached hydrogens (primary N) is 1. The zero-order valence-corrected chi connectivity index (χ0v) is 10.5.